The number of carboxylic acid groups (broad SMARTS) is 1. The van der Waals surface area contributed by atoms with Gasteiger partial charge in [0.05, 0.1) is 6.20 Å². The van der Waals surface area contributed by atoms with Crippen LogP contribution in [0.2, 0.25) is 0 Å². The van der Waals surface area contributed by atoms with Gasteiger partial charge in [0.2, 0.25) is 5.76 Å². The summed E-state index contributed by atoms with van der Waals surface area (Å²) in [6, 6.07) is 18.0. The molecule has 1 heterocycles. The molecule has 5 nitrogen and oxygen atoms in total. The van der Waals surface area contributed by atoms with Crippen molar-refractivity contribution in [1.82, 2.24) is 4.98 Å². The first kappa shape index (κ1) is 13.9. The first-order valence-electron chi connectivity index (χ1n) is 6.68. The van der Waals surface area contributed by atoms with Gasteiger partial charge in [-0.15, -0.1) is 0 Å². The lowest BCUT2D eigenvalue weighted by Crippen LogP contribution is -1.95. The van der Waals surface area contributed by atoms with Crippen LogP contribution in [-0.2, 0) is 6.61 Å². The zero-order chi connectivity index (χ0) is 15.4. The minimum absolute atomic E-state index is 0.0514. The number of aromatic carboxylic acids is 1. The highest BCUT2D eigenvalue weighted by atomic mass is 16.6. The number of rotatable bonds is 5. The minimum Gasteiger partial charge on any atom is -0.475 e. The van der Waals surface area contributed by atoms with Gasteiger partial charge in [0.25, 0.3) is 0 Å². The minimum atomic E-state index is -1.17. The molecule has 0 radical (unpaired) electrons. The molecule has 0 aliphatic rings. The summed E-state index contributed by atoms with van der Waals surface area (Å²) in [5.74, 6) is -1.41. The Bertz CT molecular complexity index is 763. The van der Waals surface area contributed by atoms with E-state index in [1.165, 1.54) is 0 Å². The summed E-state index contributed by atoms with van der Waals surface area (Å²) >= 11 is 0. The van der Waals surface area contributed by atoms with E-state index in [-0.39, 0.29) is 18.4 Å². The number of carbonyl (C=O) groups is 1. The van der Waals surface area contributed by atoms with Crippen LogP contribution in [0.15, 0.2) is 65.2 Å². The lowest BCUT2D eigenvalue weighted by Gasteiger charge is -2.04. The Hall–Kier alpha value is -3.08. The van der Waals surface area contributed by atoms with E-state index in [0.29, 0.717) is 0 Å². The molecule has 0 spiro atoms. The Balaban J connectivity index is 1.65. The molecule has 0 bridgehead atoms. The molecule has 0 aliphatic heterocycles. The molecular formula is C17H13NO4. The van der Waals surface area contributed by atoms with Crippen molar-refractivity contribution < 1.29 is 19.1 Å². The third-order valence-electron chi connectivity index (χ3n) is 3.12. The van der Waals surface area contributed by atoms with E-state index in [2.05, 4.69) is 4.98 Å². The SMILES string of the molecule is O=C(O)c1cnc(OCc2ccc(-c3ccccc3)cc2)o1. The van der Waals surface area contributed by atoms with Crippen molar-refractivity contribution in [3.8, 4) is 17.2 Å². The number of hydrogen-bond acceptors (Lipinski definition) is 4. The van der Waals surface area contributed by atoms with Crippen molar-refractivity contribution in [1.29, 1.82) is 0 Å². The summed E-state index contributed by atoms with van der Waals surface area (Å²) in [6.07, 6.45) is 1.07. The third-order valence-corrected chi connectivity index (χ3v) is 3.12. The molecule has 1 N–H and O–H groups in total. The average molecular weight is 295 g/mol. The van der Waals surface area contributed by atoms with Crippen molar-refractivity contribution in [3.63, 3.8) is 0 Å². The maximum absolute atomic E-state index is 10.7. The smallest absolute Gasteiger partial charge is 0.394 e. The highest BCUT2D eigenvalue weighted by Crippen LogP contribution is 2.20. The van der Waals surface area contributed by atoms with Gasteiger partial charge in [-0.25, -0.2) is 4.79 Å². The molecule has 110 valence electrons. The number of oxazole rings is 1. The van der Waals surface area contributed by atoms with Crippen LogP contribution in [0.4, 0.5) is 0 Å². The molecular weight excluding hydrogens is 282 g/mol. The molecule has 2 aromatic carbocycles. The first-order chi connectivity index (χ1) is 10.7. The van der Waals surface area contributed by atoms with Gasteiger partial charge in [-0.2, -0.15) is 4.98 Å². The molecule has 22 heavy (non-hydrogen) atoms. The van der Waals surface area contributed by atoms with Gasteiger partial charge in [-0.1, -0.05) is 54.6 Å². The predicted octanol–water partition coefficient (Wildman–Crippen LogP) is 3.62. The summed E-state index contributed by atoms with van der Waals surface area (Å²) in [4.78, 5) is 14.4. The van der Waals surface area contributed by atoms with E-state index >= 15 is 0 Å². The fourth-order valence-corrected chi connectivity index (χ4v) is 1.99. The van der Waals surface area contributed by atoms with E-state index in [4.69, 9.17) is 14.3 Å². The van der Waals surface area contributed by atoms with Crippen molar-refractivity contribution in [2.45, 2.75) is 6.61 Å². The van der Waals surface area contributed by atoms with Crippen LogP contribution in [0.25, 0.3) is 11.1 Å². The molecule has 3 aromatic rings. The van der Waals surface area contributed by atoms with Crippen LogP contribution in [-0.4, -0.2) is 16.1 Å². The molecule has 0 aliphatic carbocycles. The molecule has 0 atom stereocenters. The van der Waals surface area contributed by atoms with Gasteiger partial charge >= 0.3 is 12.0 Å². The number of ether oxygens (including phenoxy) is 1. The standard InChI is InChI=1S/C17H13NO4/c19-16(20)15-10-18-17(22-15)21-11-12-6-8-14(9-7-12)13-4-2-1-3-5-13/h1-10H,11H2,(H,19,20). The Morgan fingerprint density at radius 1 is 1.05 bits per heavy atom. The molecule has 0 saturated carbocycles. The second kappa shape index (κ2) is 6.13. The number of aromatic nitrogens is 1. The van der Waals surface area contributed by atoms with Gasteiger partial charge in [-0.05, 0) is 16.7 Å². The number of carboxylic acids is 1. The van der Waals surface area contributed by atoms with Gasteiger partial charge < -0.3 is 14.3 Å². The van der Waals surface area contributed by atoms with Crippen LogP contribution in [0, 0.1) is 0 Å². The topological polar surface area (TPSA) is 72.6 Å². The first-order valence-corrected chi connectivity index (χ1v) is 6.68. The van der Waals surface area contributed by atoms with Crippen LogP contribution in [0.3, 0.4) is 0 Å². The molecule has 0 unspecified atom stereocenters. The summed E-state index contributed by atoms with van der Waals surface area (Å²) in [7, 11) is 0. The van der Waals surface area contributed by atoms with E-state index in [1.807, 2.05) is 54.6 Å². The normalized spacial score (nSPS) is 10.4. The Kier molecular flexibility index (Phi) is 3.87. The van der Waals surface area contributed by atoms with Crippen molar-refractivity contribution in [3.05, 3.63) is 72.1 Å². The largest absolute Gasteiger partial charge is 0.475 e. The molecule has 0 fully saturated rings. The highest BCUT2D eigenvalue weighted by molar-refractivity contribution is 5.83. The zero-order valence-corrected chi connectivity index (χ0v) is 11.6. The number of hydrogen-bond donors (Lipinski definition) is 1. The van der Waals surface area contributed by atoms with Crippen molar-refractivity contribution >= 4 is 5.97 Å². The lowest BCUT2D eigenvalue weighted by molar-refractivity contribution is 0.0652. The van der Waals surface area contributed by atoms with E-state index < -0.39 is 5.97 Å². The van der Waals surface area contributed by atoms with Crippen molar-refractivity contribution in [2.75, 3.05) is 0 Å². The van der Waals surface area contributed by atoms with Gasteiger partial charge in [0.15, 0.2) is 0 Å². The fraction of sp³-hybridized carbons (Fsp3) is 0.0588. The second-order valence-corrected chi connectivity index (χ2v) is 4.65. The maximum Gasteiger partial charge on any atom is 0.394 e. The number of benzene rings is 2. The van der Waals surface area contributed by atoms with Gasteiger partial charge in [0.1, 0.15) is 6.61 Å². The molecule has 5 heteroatoms. The fourth-order valence-electron chi connectivity index (χ4n) is 1.99. The monoisotopic (exact) mass is 295 g/mol. The Labute approximate surface area is 126 Å². The van der Waals surface area contributed by atoms with Crippen molar-refractivity contribution in [2.24, 2.45) is 0 Å². The van der Waals surface area contributed by atoms with Crippen LogP contribution in [0.5, 0.6) is 6.08 Å². The zero-order valence-electron chi connectivity index (χ0n) is 11.6. The Morgan fingerprint density at radius 2 is 1.73 bits per heavy atom. The van der Waals surface area contributed by atoms with Gasteiger partial charge in [-0.3, -0.25) is 0 Å². The summed E-state index contributed by atoms with van der Waals surface area (Å²) in [5, 5.41) is 8.73. The second-order valence-electron chi connectivity index (χ2n) is 4.65. The highest BCUT2D eigenvalue weighted by Gasteiger charge is 2.11. The maximum atomic E-state index is 10.7. The van der Waals surface area contributed by atoms with E-state index in [0.717, 1.165) is 22.9 Å². The predicted molar refractivity (Wildman–Crippen MR) is 79.7 cm³/mol. The van der Waals surface area contributed by atoms with Crippen LogP contribution < -0.4 is 4.74 Å². The van der Waals surface area contributed by atoms with Gasteiger partial charge in [0, 0.05) is 0 Å². The molecule has 0 saturated heterocycles. The lowest BCUT2D eigenvalue weighted by atomic mass is 10.0. The molecule has 0 amide bonds. The van der Waals surface area contributed by atoms with Crippen LogP contribution >= 0.6 is 0 Å². The summed E-state index contributed by atoms with van der Waals surface area (Å²) in [5.41, 5.74) is 3.21. The summed E-state index contributed by atoms with van der Waals surface area (Å²) < 4.78 is 10.3. The van der Waals surface area contributed by atoms with Crippen LogP contribution in [0.1, 0.15) is 16.1 Å². The number of nitrogens with zero attached hydrogens (tertiary/aromatic N) is 1. The Morgan fingerprint density at radius 3 is 2.36 bits per heavy atom. The average Bonchev–Trinajstić information content (AvgIpc) is 3.04. The third kappa shape index (κ3) is 3.15. The van der Waals surface area contributed by atoms with E-state index in [1.54, 1.807) is 0 Å². The summed E-state index contributed by atoms with van der Waals surface area (Å²) in [6.45, 7) is 0.259. The van der Waals surface area contributed by atoms with E-state index in [9.17, 15) is 4.79 Å². The quantitative estimate of drug-likeness (QED) is 0.778. The molecule has 1 aromatic heterocycles. The molecule has 3 rings (SSSR count).